The summed E-state index contributed by atoms with van der Waals surface area (Å²) in [4.78, 5) is 11.6. The van der Waals surface area contributed by atoms with Gasteiger partial charge in [-0.15, -0.1) is 15.3 Å². The third kappa shape index (κ3) is 3.28. The molecule has 6 nitrogen and oxygen atoms in total. The number of aromatic nitrogens is 5. The molecule has 1 aromatic carbocycles. The van der Waals surface area contributed by atoms with Crippen molar-refractivity contribution < 1.29 is 0 Å². The van der Waals surface area contributed by atoms with E-state index < -0.39 is 0 Å². The van der Waals surface area contributed by atoms with Crippen molar-refractivity contribution in [2.24, 2.45) is 0 Å². The van der Waals surface area contributed by atoms with Gasteiger partial charge in [0.25, 0.3) is 0 Å². The van der Waals surface area contributed by atoms with Crippen molar-refractivity contribution in [1.82, 2.24) is 25.0 Å². The fraction of sp³-hybridized carbons (Fsp3) is 0.286. The summed E-state index contributed by atoms with van der Waals surface area (Å²) in [6.45, 7) is 2.70. The highest BCUT2D eigenvalue weighted by molar-refractivity contribution is 7.98. The normalized spacial score (nSPS) is 11.0. The van der Waals surface area contributed by atoms with Crippen LogP contribution in [-0.4, -0.2) is 25.0 Å². The molecule has 0 spiro atoms. The van der Waals surface area contributed by atoms with Gasteiger partial charge in [-0.05, 0) is 6.42 Å². The van der Waals surface area contributed by atoms with Crippen molar-refractivity contribution in [3.05, 3.63) is 45.8 Å². The smallest absolute Gasteiger partial charge is 0.270 e. The lowest BCUT2D eigenvalue weighted by Gasteiger charge is -2.01. The lowest BCUT2D eigenvalue weighted by molar-refractivity contribution is 0.604. The van der Waals surface area contributed by atoms with Gasteiger partial charge in [-0.1, -0.05) is 60.4 Å². The fourth-order valence-electron chi connectivity index (χ4n) is 1.97. The summed E-state index contributed by atoms with van der Waals surface area (Å²) < 4.78 is 1.66. The van der Waals surface area contributed by atoms with E-state index in [9.17, 15) is 4.79 Å². The zero-order chi connectivity index (χ0) is 15.4. The minimum absolute atomic E-state index is 0.161. The summed E-state index contributed by atoms with van der Waals surface area (Å²) in [5.41, 5.74) is 0.908. The number of nitrogens with zero attached hydrogens (tertiary/aromatic N) is 4. The van der Waals surface area contributed by atoms with Gasteiger partial charge in [0.05, 0.1) is 5.75 Å². The molecule has 3 rings (SSSR count). The quantitative estimate of drug-likeness (QED) is 0.702. The predicted molar refractivity (Wildman–Crippen MR) is 88.0 cm³/mol. The summed E-state index contributed by atoms with van der Waals surface area (Å²) in [6.07, 6.45) is 0.893. The Morgan fingerprint density at radius 2 is 2.09 bits per heavy atom. The molecule has 0 saturated carbocycles. The summed E-state index contributed by atoms with van der Waals surface area (Å²) in [7, 11) is 0. The Labute approximate surface area is 135 Å². The Kier molecular flexibility index (Phi) is 4.69. The van der Waals surface area contributed by atoms with Crippen LogP contribution >= 0.6 is 23.1 Å². The van der Waals surface area contributed by atoms with E-state index in [0.717, 1.165) is 22.0 Å². The molecule has 1 N–H and O–H groups in total. The standard InChI is InChI=1S/C14H15N5OS2/c1-2-8-19-13(20)17-18-14(19)21-9-11-15-16-12(22-11)10-6-4-3-5-7-10/h3-7H,2,8-9H2,1H3,(H,17,20). The van der Waals surface area contributed by atoms with E-state index >= 15 is 0 Å². The molecule has 0 fully saturated rings. The molecule has 0 atom stereocenters. The Bertz CT molecular complexity index is 793. The minimum Gasteiger partial charge on any atom is -0.270 e. The summed E-state index contributed by atoms with van der Waals surface area (Å²) in [6, 6.07) is 9.98. The first-order valence-electron chi connectivity index (χ1n) is 6.93. The van der Waals surface area contributed by atoms with Crippen molar-refractivity contribution in [1.29, 1.82) is 0 Å². The van der Waals surface area contributed by atoms with Gasteiger partial charge in [-0.25, -0.2) is 9.89 Å². The van der Waals surface area contributed by atoms with Crippen LogP contribution in [0.3, 0.4) is 0 Å². The molecule has 0 aliphatic heterocycles. The molecule has 2 heterocycles. The molecule has 0 saturated heterocycles. The van der Waals surface area contributed by atoms with E-state index in [1.807, 2.05) is 37.3 Å². The van der Waals surface area contributed by atoms with Gasteiger partial charge in [0.2, 0.25) is 0 Å². The maximum Gasteiger partial charge on any atom is 0.343 e. The number of benzene rings is 1. The van der Waals surface area contributed by atoms with Crippen LogP contribution < -0.4 is 5.69 Å². The second kappa shape index (κ2) is 6.89. The highest BCUT2D eigenvalue weighted by atomic mass is 32.2. The van der Waals surface area contributed by atoms with Gasteiger partial charge in [0.15, 0.2) is 5.16 Å². The summed E-state index contributed by atoms with van der Waals surface area (Å²) in [5.74, 6) is 0.651. The van der Waals surface area contributed by atoms with Crippen LogP contribution in [-0.2, 0) is 12.3 Å². The monoisotopic (exact) mass is 333 g/mol. The number of thioether (sulfide) groups is 1. The topological polar surface area (TPSA) is 76.5 Å². The van der Waals surface area contributed by atoms with E-state index in [1.54, 1.807) is 15.9 Å². The zero-order valence-electron chi connectivity index (χ0n) is 12.0. The first-order chi connectivity index (χ1) is 10.8. The third-order valence-corrected chi connectivity index (χ3v) is 5.13. The van der Waals surface area contributed by atoms with Gasteiger partial charge >= 0.3 is 5.69 Å². The lowest BCUT2D eigenvalue weighted by Crippen LogP contribution is -2.17. The first-order valence-corrected chi connectivity index (χ1v) is 8.74. The zero-order valence-corrected chi connectivity index (χ0v) is 13.7. The number of aromatic amines is 1. The van der Waals surface area contributed by atoms with E-state index in [2.05, 4.69) is 20.4 Å². The van der Waals surface area contributed by atoms with Crippen molar-refractivity contribution in [3.63, 3.8) is 0 Å². The molecule has 8 heteroatoms. The van der Waals surface area contributed by atoms with Gasteiger partial charge in [-0.2, -0.15) is 0 Å². The number of rotatable bonds is 6. The van der Waals surface area contributed by atoms with E-state index in [4.69, 9.17) is 0 Å². The number of nitrogens with one attached hydrogen (secondary N) is 1. The molecule has 0 unspecified atom stereocenters. The van der Waals surface area contributed by atoms with Crippen LogP contribution in [0.2, 0.25) is 0 Å². The Balaban J connectivity index is 1.70. The van der Waals surface area contributed by atoms with Gasteiger partial charge < -0.3 is 0 Å². The Morgan fingerprint density at radius 3 is 2.86 bits per heavy atom. The maximum absolute atomic E-state index is 11.6. The maximum atomic E-state index is 11.6. The summed E-state index contributed by atoms with van der Waals surface area (Å²) in [5, 5.41) is 17.5. The van der Waals surface area contributed by atoms with E-state index in [1.165, 1.54) is 11.8 Å². The van der Waals surface area contributed by atoms with Crippen LogP contribution in [0.25, 0.3) is 10.6 Å². The Morgan fingerprint density at radius 1 is 1.27 bits per heavy atom. The number of hydrogen-bond donors (Lipinski definition) is 1. The van der Waals surface area contributed by atoms with E-state index in [-0.39, 0.29) is 5.69 Å². The van der Waals surface area contributed by atoms with Crippen LogP contribution in [0.15, 0.2) is 40.3 Å². The second-order valence-corrected chi connectivity index (χ2v) is 6.62. The molecule has 22 heavy (non-hydrogen) atoms. The molecular formula is C14H15N5OS2. The van der Waals surface area contributed by atoms with Crippen LogP contribution in [0.4, 0.5) is 0 Å². The van der Waals surface area contributed by atoms with Crippen molar-refractivity contribution in [3.8, 4) is 10.6 Å². The molecule has 0 amide bonds. The van der Waals surface area contributed by atoms with E-state index in [0.29, 0.717) is 17.5 Å². The largest absolute Gasteiger partial charge is 0.343 e. The minimum atomic E-state index is -0.161. The van der Waals surface area contributed by atoms with Crippen LogP contribution in [0, 0.1) is 0 Å². The van der Waals surface area contributed by atoms with Crippen molar-refractivity contribution in [2.75, 3.05) is 0 Å². The molecule has 0 radical (unpaired) electrons. The molecule has 114 valence electrons. The highest BCUT2D eigenvalue weighted by Gasteiger charge is 2.11. The third-order valence-electron chi connectivity index (χ3n) is 2.98. The fourth-order valence-corrected chi connectivity index (χ4v) is 3.77. The van der Waals surface area contributed by atoms with Gasteiger partial charge in [0, 0.05) is 12.1 Å². The summed E-state index contributed by atoms with van der Waals surface area (Å²) >= 11 is 3.06. The SMILES string of the molecule is CCCn1c(SCc2nnc(-c3ccccc3)s2)n[nH]c1=O. The predicted octanol–water partition coefficient (Wildman–Crippen LogP) is 2.79. The van der Waals surface area contributed by atoms with Gasteiger partial charge in [0.1, 0.15) is 10.0 Å². The number of H-pyrrole nitrogens is 1. The van der Waals surface area contributed by atoms with Crippen molar-refractivity contribution in [2.45, 2.75) is 30.8 Å². The molecule has 3 aromatic rings. The second-order valence-electron chi connectivity index (χ2n) is 4.62. The van der Waals surface area contributed by atoms with Crippen LogP contribution in [0.1, 0.15) is 18.4 Å². The molecule has 0 aliphatic carbocycles. The average Bonchev–Trinajstić information content (AvgIpc) is 3.15. The molecule has 0 aliphatic rings. The highest BCUT2D eigenvalue weighted by Crippen LogP contribution is 2.27. The molecular weight excluding hydrogens is 318 g/mol. The average molecular weight is 333 g/mol. The lowest BCUT2D eigenvalue weighted by atomic mass is 10.2. The van der Waals surface area contributed by atoms with Crippen molar-refractivity contribution >= 4 is 23.1 Å². The van der Waals surface area contributed by atoms with Gasteiger partial charge in [-0.3, -0.25) is 4.57 Å². The first kappa shape index (κ1) is 15.0. The molecule has 0 bridgehead atoms. The Hall–Kier alpha value is -1.93. The van der Waals surface area contributed by atoms with Crippen LogP contribution in [0.5, 0.6) is 0 Å². The molecule has 2 aromatic heterocycles. The number of hydrogen-bond acceptors (Lipinski definition) is 6.